The molecule has 8 heteroatoms. The number of nitrogens with zero attached hydrogens (tertiary/aromatic N) is 1. The summed E-state index contributed by atoms with van der Waals surface area (Å²) in [6.45, 7) is 0. The van der Waals surface area contributed by atoms with Crippen LogP contribution in [0.3, 0.4) is 0 Å². The van der Waals surface area contributed by atoms with Gasteiger partial charge in [-0.05, 0) is 54.1 Å². The largest absolute Gasteiger partial charge is 0.481 e. The molecule has 29 heavy (non-hydrogen) atoms. The Bertz CT molecular complexity index is 1220. The minimum Gasteiger partial charge on any atom is -0.481 e. The smallest absolute Gasteiger partial charge is 0.307 e. The van der Waals surface area contributed by atoms with Gasteiger partial charge in [-0.2, -0.15) is 5.26 Å². The number of nitriles is 1. The molecule has 0 heterocycles. The Labute approximate surface area is 172 Å². The van der Waals surface area contributed by atoms with E-state index in [1.54, 1.807) is 18.2 Å². The molecule has 6 nitrogen and oxygen atoms in total. The molecule has 0 bridgehead atoms. The van der Waals surface area contributed by atoms with Crippen LogP contribution in [0.15, 0.2) is 76.5 Å². The number of carboxylic acid groups (broad SMARTS) is 1. The van der Waals surface area contributed by atoms with Crippen molar-refractivity contribution in [1.82, 2.24) is 0 Å². The predicted molar refractivity (Wildman–Crippen MR) is 106 cm³/mol. The first-order valence-electron chi connectivity index (χ1n) is 8.33. The average Bonchev–Trinajstić information content (AvgIpc) is 2.68. The van der Waals surface area contributed by atoms with Gasteiger partial charge in [0, 0.05) is 5.02 Å². The van der Waals surface area contributed by atoms with Crippen LogP contribution in [0.2, 0.25) is 5.02 Å². The fraction of sp³-hybridized carbons (Fsp3) is 0.0476. The molecule has 0 aromatic heterocycles. The van der Waals surface area contributed by atoms with E-state index in [0.29, 0.717) is 5.56 Å². The number of carbonyl (C=O) groups is 1. The van der Waals surface area contributed by atoms with E-state index in [1.165, 1.54) is 48.5 Å². The highest BCUT2D eigenvalue weighted by atomic mass is 35.5. The van der Waals surface area contributed by atoms with Crippen LogP contribution in [0.25, 0.3) is 0 Å². The Kier molecular flexibility index (Phi) is 5.87. The summed E-state index contributed by atoms with van der Waals surface area (Å²) in [5, 5.41) is 18.7. The van der Waals surface area contributed by atoms with Crippen LogP contribution < -0.4 is 4.74 Å². The lowest BCUT2D eigenvalue weighted by molar-refractivity contribution is -0.136. The summed E-state index contributed by atoms with van der Waals surface area (Å²) in [6.07, 6.45) is -0.240. The van der Waals surface area contributed by atoms with Crippen LogP contribution in [-0.4, -0.2) is 19.5 Å². The molecule has 3 aromatic rings. The molecule has 0 spiro atoms. The van der Waals surface area contributed by atoms with Gasteiger partial charge in [0.2, 0.25) is 9.84 Å². The second-order valence-electron chi connectivity index (χ2n) is 6.05. The van der Waals surface area contributed by atoms with Crippen molar-refractivity contribution < 1.29 is 23.1 Å². The maximum Gasteiger partial charge on any atom is 0.307 e. The van der Waals surface area contributed by atoms with Gasteiger partial charge in [0.05, 0.1) is 21.8 Å². The molecule has 3 rings (SSSR count). The summed E-state index contributed by atoms with van der Waals surface area (Å²) in [6, 6.07) is 18.3. The molecule has 0 aliphatic heterocycles. The fourth-order valence-corrected chi connectivity index (χ4v) is 4.23. The normalized spacial score (nSPS) is 10.9. The van der Waals surface area contributed by atoms with E-state index in [1.807, 2.05) is 6.07 Å². The number of hydrogen-bond acceptors (Lipinski definition) is 5. The Morgan fingerprint density at radius 2 is 1.76 bits per heavy atom. The molecule has 0 aliphatic rings. The number of rotatable bonds is 6. The van der Waals surface area contributed by atoms with E-state index in [4.69, 9.17) is 21.4 Å². The third kappa shape index (κ3) is 4.74. The van der Waals surface area contributed by atoms with Crippen molar-refractivity contribution in [3.63, 3.8) is 0 Å². The number of halogens is 1. The molecule has 3 aromatic carbocycles. The summed E-state index contributed by atoms with van der Waals surface area (Å²) in [5.74, 6) is -0.654. The van der Waals surface area contributed by atoms with Crippen LogP contribution in [0.4, 0.5) is 0 Å². The summed E-state index contributed by atoms with van der Waals surface area (Å²) in [5.41, 5.74) is 0.448. The lowest BCUT2D eigenvalue weighted by Crippen LogP contribution is -2.03. The van der Waals surface area contributed by atoms with Crippen LogP contribution in [0, 0.1) is 11.3 Å². The lowest BCUT2D eigenvalue weighted by atomic mass is 10.1. The minimum absolute atomic E-state index is 0.0155. The maximum atomic E-state index is 12.7. The second-order valence-corrected chi connectivity index (χ2v) is 8.44. The zero-order chi connectivity index (χ0) is 21.0. The summed E-state index contributed by atoms with van der Waals surface area (Å²) < 4.78 is 31.2. The molecule has 0 saturated heterocycles. The third-order valence-electron chi connectivity index (χ3n) is 3.95. The zero-order valence-corrected chi connectivity index (χ0v) is 16.4. The number of sulfone groups is 1. The van der Waals surface area contributed by atoms with E-state index in [-0.39, 0.29) is 38.3 Å². The van der Waals surface area contributed by atoms with Gasteiger partial charge in [0.1, 0.15) is 17.6 Å². The first-order chi connectivity index (χ1) is 13.8. The molecule has 0 saturated carbocycles. The van der Waals surface area contributed by atoms with Gasteiger partial charge in [-0.1, -0.05) is 29.8 Å². The molecule has 1 N–H and O–H groups in total. The second kappa shape index (κ2) is 8.35. The van der Waals surface area contributed by atoms with Gasteiger partial charge in [-0.3, -0.25) is 4.79 Å². The van der Waals surface area contributed by atoms with Gasteiger partial charge >= 0.3 is 5.97 Å². The van der Waals surface area contributed by atoms with Crippen molar-refractivity contribution in [2.45, 2.75) is 16.2 Å². The quantitative estimate of drug-likeness (QED) is 0.622. The molecular formula is C21H14ClNO5S. The monoisotopic (exact) mass is 427 g/mol. The standard InChI is InChI=1S/C21H14ClNO5S/c22-16-8-14(10-21(24)25)9-17(12-16)28-20-7-6-19(11-15(20)13-23)29(26,27)18-4-2-1-3-5-18/h1-9,11-12H,10H2,(H,24,25). The maximum absolute atomic E-state index is 12.7. The summed E-state index contributed by atoms with van der Waals surface area (Å²) in [4.78, 5) is 11.0. The van der Waals surface area contributed by atoms with Crippen LogP contribution in [0.1, 0.15) is 11.1 Å². The first-order valence-corrected chi connectivity index (χ1v) is 10.2. The summed E-state index contributed by atoms with van der Waals surface area (Å²) >= 11 is 6.01. The SMILES string of the molecule is N#Cc1cc(S(=O)(=O)c2ccccc2)ccc1Oc1cc(Cl)cc(CC(=O)O)c1. The van der Waals surface area contributed by atoms with Crippen LogP contribution in [0.5, 0.6) is 11.5 Å². The fourth-order valence-electron chi connectivity index (χ4n) is 2.67. The molecule has 146 valence electrons. The molecule has 0 unspecified atom stereocenters. The average molecular weight is 428 g/mol. The molecule has 0 amide bonds. The Hall–Kier alpha value is -3.34. The van der Waals surface area contributed by atoms with Crippen molar-refractivity contribution in [2.75, 3.05) is 0 Å². The molecule has 0 radical (unpaired) electrons. The minimum atomic E-state index is -3.78. The van der Waals surface area contributed by atoms with Gasteiger partial charge in [0.25, 0.3) is 0 Å². The number of hydrogen-bond donors (Lipinski definition) is 1. The van der Waals surface area contributed by atoms with Crippen molar-refractivity contribution >= 4 is 27.4 Å². The van der Waals surface area contributed by atoms with E-state index >= 15 is 0 Å². The van der Waals surface area contributed by atoms with Gasteiger partial charge in [-0.15, -0.1) is 0 Å². The molecule has 0 fully saturated rings. The third-order valence-corrected chi connectivity index (χ3v) is 5.94. The Balaban J connectivity index is 1.96. The van der Waals surface area contributed by atoms with Gasteiger partial charge < -0.3 is 9.84 Å². The van der Waals surface area contributed by atoms with E-state index in [9.17, 15) is 18.5 Å². The highest BCUT2D eigenvalue weighted by molar-refractivity contribution is 7.91. The first kappa shape index (κ1) is 20.4. The van der Waals surface area contributed by atoms with Crippen molar-refractivity contribution in [2.24, 2.45) is 0 Å². The number of benzene rings is 3. The van der Waals surface area contributed by atoms with Crippen molar-refractivity contribution in [1.29, 1.82) is 5.26 Å². The van der Waals surface area contributed by atoms with Gasteiger partial charge in [0.15, 0.2) is 0 Å². The topological polar surface area (TPSA) is 104 Å². The predicted octanol–water partition coefficient (Wildman–Crippen LogP) is 4.46. The molecule has 0 aliphatic carbocycles. The summed E-state index contributed by atoms with van der Waals surface area (Å²) in [7, 11) is -3.78. The molecule has 0 atom stereocenters. The van der Waals surface area contributed by atoms with Crippen LogP contribution >= 0.6 is 11.6 Å². The number of aliphatic carboxylic acids is 1. The van der Waals surface area contributed by atoms with E-state index in [0.717, 1.165) is 0 Å². The van der Waals surface area contributed by atoms with E-state index < -0.39 is 15.8 Å². The Morgan fingerprint density at radius 1 is 1.03 bits per heavy atom. The van der Waals surface area contributed by atoms with Gasteiger partial charge in [-0.25, -0.2) is 8.42 Å². The highest BCUT2D eigenvalue weighted by Crippen LogP contribution is 2.31. The van der Waals surface area contributed by atoms with Crippen LogP contribution in [-0.2, 0) is 21.1 Å². The highest BCUT2D eigenvalue weighted by Gasteiger charge is 2.19. The number of carboxylic acids is 1. The Morgan fingerprint density at radius 3 is 2.41 bits per heavy atom. The number of ether oxygens (including phenoxy) is 1. The van der Waals surface area contributed by atoms with Crippen molar-refractivity contribution in [3.05, 3.63) is 82.9 Å². The van der Waals surface area contributed by atoms with Crippen molar-refractivity contribution in [3.8, 4) is 17.6 Å². The molecular weight excluding hydrogens is 414 g/mol. The zero-order valence-electron chi connectivity index (χ0n) is 14.9. The lowest BCUT2D eigenvalue weighted by Gasteiger charge is -2.11. The van der Waals surface area contributed by atoms with E-state index in [2.05, 4.69) is 0 Å².